The van der Waals surface area contributed by atoms with Gasteiger partial charge in [-0.25, -0.2) is 4.98 Å². The highest BCUT2D eigenvalue weighted by molar-refractivity contribution is 6.17. The van der Waals surface area contributed by atoms with Gasteiger partial charge in [0.15, 0.2) is 5.65 Å². The Balaban J connectivity index is 1.31. The van der Waals surface area contributed by atoms with Gasteiger partial charge in [-0.2, -0.15) is 0 Å². The Morgan fingerprint density at radius 3 is 2.12 bits per heavy atom. The fourth-order valence-electron chi connectivity index (χ4n) is 6.82. The first-order valence-electron chi connectivity index (χ1n) is 14.3. The van der Waals surface area contributed by atoms with Crippen molar-refractivity contribution in [2.45, 2.75) is 6.42 Å². The van der Waals surface area contributed by atoms with Gasteiger partial charge in [0.05, 0.1) is 11.0 Å². The van der Waals surface area contributed by atoms with Crippen LogP contribution in [-0.4, -0.2) is 19.1 Å². The molecule has 4 nitrogen and oxygen atoms in total. The smallest absolute Gasteiger partial charge is 0.165 e. The zero-order chi connectivity index (χ0) is 27.8. The number of phenols is 1. The van der Waals surface area contributed by atoms with Gasteiger partial charge in [-0.1, -0.05) is 103 Å². The topological polar surface area (TPSA) is 42.5 Å². The number of pyridine rings is 1. The molecule has 0 unspecified atom stereocenters. The second-order valence-corrected chi connectivity index (χ2v) is 10.9. The summed E-state index contributed by atoms with van der Waals surface area (Å²) in [6, 6.07) is 40.1. The number of phenolic OH excluding ortho intramolecular Hbond substituents is 1. The molecule has 0 aliphatic heterocycles. The van der Waals surface area contributed by atoms with Gasteiger partial charge >= 0.3 is 0 Å². The molecular weight excluding hydrogens is 514 g/mol. The molecule has 0 bridgehead atoms. The van der Waals surface area contributed by atoms with Crippen LogP contribution in [0, 0.1) is 0 Å². The van der Waals surface area contributed by atoms with Crippen LogP contribution in [0.25, 0.3) is 71.8 Å². The first kappa shape index (κ1) is 23.1. The summed E-state index contributed by atoms with van der Waals surface area (Å²) in [6.07, 6.45) is 7.09. The van der Waals surface area contributed by atoms with Gasteiger partial charge in [-0.15, -0.1) is 0 Å². The summed E-state index contributed by atoms with van der Waals surface area (Å²) in [5.41, 5.74) is 10.5. The molecule has 198 valence electrons. The molecule has 5 aromatic carbocycles. The van der Waals surface area contributed by atoms with Crippen molar-refractivity contribution < 1.29 is 5.11 Å². The lowest BCUT2D eigenvalue weighted by atomic mass is 9.93. The minimum absolute atomic E-state index is 0.314. The highest BCUT2D eigenvalue weighted by Gasteiger charge is 2.21. The first-order chi connectivity index (χ1) is 20.8. The molecular formula is C38H25N3O. The molecule has 0 fully saturated rings. The van der Waals surface area contributed by atoms with Gasteiger partial charge in [0.25, 0.3) is 0 Å². The third-order valence-corrected chi connectivity index (χ3v) is 8.65. The van der Waals surface area contributed by atoms with Crippen LogP contribution in [0.5, 0.6) is 5.75 Å². The van der Waals surface area contributed by atoms with Gasteiger partial charge in [0.1, 0.15) is 16.9 Å². The van der Waals surface area contributed by atoms with Crippen LogP contribution in [0.2, 0.25) is 0 Å². The van der Waals surface area contributed by atoms with Crippen molar-refractivity contribution in [3.8, 4) is 22.6 Å². The monoisotopic (exact) mass is 539 g/mol. The molecule has 0 atom stereocenters. The number of benzene rings is 5. The number of aromatic hydroxyl groups is 1. The minimum Gasteiger partial charge on any atom is -0.507 e. The normalized spacial score (nSPS) is 13.3. The molecule has 1 aliphatic carbocycles. The molecule has 3 aromatic heterocycles. The highest BCUT2D eigenvalue weighted by atomic mass is 16.3. The molecule has 9 rings (SSSR count). The van der Waals surface area contributed by atoms with Crippen LogP contribution >= 0.6 is 0 Å². The van der Waals surface area contributed by atoms with E-state index in [1.165, 1.54) is 16.2 Å². The van der Waals surface area contributed by atoms with Gasteiger partial charge in [-0.3, -0.25) is 8.97 Å². The molecule has 0 amide bonds. The summed E-state index contributed by atoms with van der Waals surface area (Å²) in [6.45, 7) is 0. The Morgan fingerprint density at radius 1 is 0.619 bits per heavy atom. The summed E-state index contributed by atoms with van der Waals surface area (Å²) < 4.78 is 4.61. The number of fused-ring (bicyclic) bond motifs is 10. The van der Waals surface area contributed by atoms with Gasteiger partial charge in [0, 0.05) is 27.4 Å². The fourth-order valence-corrected chi connectivity index (χ4v) is 6.82. The van der Waals surface area contributed by atoms with Crippen molar-refractivity contribution in [3.63, 3.8) is 0 Å². The highest BCUT2D eigenvalue weighted by Crippen LogP contribution is 2.40. The minimum atomic E-state index is 0.314. The van der Waals surface area contributed by atoms with E-state index < -0.39 is 0 Å². The predicted molar refractivity (Wildman–Crippen MR) is 173 cm³/mol. The first-order valence-corrected chi connectivity index (χ1v) is 14.3. The van der Waals surface area contributed by atoms with Crippen molar-refractivity contribution in [2.24, 2.45) is 0 Å². The Hall–Kier alpha value is -5.61. The van der Waals surface area contributed by atoms with E-state index in [9.17, 15) is 5.11 Å². The van der Waals surface area contributed by atoms with Crippen molar-refractivity contribution in [2.75, 3.05) is 0 Å². The molecule has 4 heteroatoms. The number of hydrogen-bond donors (Lipinski definition) is 1. The largest absolute Gasteiger partial charge is 0.507 e. The van der Waals surface area contributed by atoms with E-state index in [1.807, 2.05) is 6.07 Å². The van der Waals surface area contributed by atoms with Crippen LogP contribution < -0.4 is 0 Å². The average molecular weight is 540 g/mol. The quantitative estimate of drug-likeness (QED) is 0.227. The van der Waals surface area contributed by atoms with Crippen molar-refractivity contribution >= 4 is 55.0 Å². The Kier molecular flexibility index (Phi) is 4.79. The van der Waals surface area contributed by atoms with Crippen LogP contribution in [0.4, 0.5) is 0 Å². The van der Waals surface area contributed by atoms with E-state index in [4.69, 9.17) is 4.98 Å². The molecule has 0 saturated carbocycles. The summed E-state index contributed by atoms with van der Waals surface area (Å²) >= 11 is 0. The maximum absolute atomic E-state index is 10.8. The van der Waals surface area contributed by atoms with Gasteiger partial charge < -0.3 is 5.11 Å². The molecule has 0 saturated heterocycles. The van der Waals surface area contributed by atoms with E-state index in [2.05, 4.69) is 130 Å². The summed E-state index contributed by atoms with van der Waals surface area (Å²) in [5.74, 6) is 0.314. The molecule has 0 radical (unpaired) electrons. The number of aromatic nitrogens is 3. The molecule has 42 heavy (non-hydrogen) atoms. The molecule has 8 aromatic rings. The number of para-hydroxylation sites is 2. The SMILES string of the molecule is Oc1cccc(-c2ccc(-n3c4ccccc4c4c3nc3c5ccccc5c5ccccc5n34)cc2)c1C1=CC=CC1. The van der Waals surface area contributed by atoms with Crippen LogP contribution in [-0.2, 0) is 0 Å². The summed E-state index contributed by atoms with van der Waals surface area (Å²) in [5, 5.41) is 15.5. The molecule has 0 spiro atoms. The van der Waals surface area contributed by atoms with Gasteiger partial charge in [-0.05, 0) is 58.8 Å². The molecule has 3 heterocycles. The fraction of sp³-hybridized carbons (Fsp3) is 0.0263. The van der Waals surface area contributed by atoms with Crippen molar-refractivity contribution in [1.29, 1.82) is 0 Å². The lowest BCUT2D eigenvalue weighted by molar-refractivity contribution is 0.474. The third-order valence-electron chi connectivity index (χ3n) is 8.65. The number of nitrogens with zero attached hydrogens (tertiary/aromatic N) is 3. The van der Waals surface area contributed by atoms with E-state index in [-0.39, 0.29) is 0 Å². The zero-order valence-corrected chi connectivity index (χ0v) is 22.7. The lowest BCUT2D eigenvalue weighted by Crippen LogP contribution is -1.95. The molecule has 1 N–H and O–H groups in total. The second kappa shape index (κ2) is 8.69. The van der Waals surface area contributed by atoms with Gasteiger partial charge in [0.2, 0.25) is 0 Å². The molecule has 1 aliphatic rings. The van der Waals surface area contributed by atoms with Crippen LogP contribution in [0.3, 0.4) is 0 Å². The second-order valence-electron chi connectivity index (χ2n) is 10.9. The summed E-state index contributed by atoms with van der Waals surface area (Å²) in [7, 11) is 0. The predicted octanol–water partition coefficient (Wildman–Crippen LogP) is 9.45. The Bertz CT molecular complexity index is 2440. The van der Waals surface area contributed by atoms with Crippen LogP contribution in [0.15, 0.2) is 133 Å². The standard InChI is InChI=1S/C38H25N3O/c42-34-19-9-16-27(35(34)25-10-1-2-11-25)24-20-22-26(23-21-24)40-33-18-8-6-15-31(33)36-38(40)39-37-30-14-4-3-12-28(30)29-13-5-7-17-32(29)41(36)37/h1-10,12-23,42H,11H2. The Labute approximate surface area is 241 Å². The average Bonchev–Trinajstić information content (AvgIpc) is 3.77. The van der Waals surface area contributed by atoms with E-state index >= 15 is 0 Å². The number of allylic oxidation sites excluding steroid dienone is 4. The lowest BCUT2D eigenvalue weighted by Gasteiger charge is -2.14. The number of hydrogen-bond acceptors (Lipinski definition) is 2. The third kappa shape index (κ3) is 3.15. The van der Waals surface area contributed by atoms with Crippen LogP contribution in [0.1, 0.15) is 12.0 Å². The number of rotatable bonds is 3. The van der Waals surface area contributed by atoms with Crippen molar-refractivity contribution in [3.05, 3.63) is 139 Å². The maximum Gasteiger partial charge on any atom is 0.165 e. The zero-order valence-electron chi connectivity index (χ0n) is 22.7. The van der Waals surface area contributed by atoms with E-state index in [0.717, 1.165) is 67.6 Å². The van der Waals surface area contributed by atoms with E-state index in [0.29, 0.717) is 5.75 Å². The number of imidazole rings is 1. The van der Waals surface area contributed by atoms with Crippen molar-refractivity contribution in [1.82, 2.24) is 14.0 Å². The maximum atomic E-state index is 10.8. The van der Waals surface area contributed by atoms with E-state index in [1.54, 1.807) is 6.07 Å². The Morgan fingerprint density at radius 2 is 1.33 bits per heavy atom. The summed E-state index contributed by atoms with van der Waals surface area (Å²) in [4.78, 5) is 5.34.